The van der Waals surface area contributed by atoms with E-state index in [4.69, 9.17) is 11.6 Å². The highest BCUT2D eigenvalue weighted by molar-refractivity contribution is 9.10. The maximum absolute atomic E-state index is 13.1. The third kappa shape index (κ3) is 5.66. The van der Waals surface area contributed by atoms with Gasteiger partial charge in [-0.25, -0.2) is 0 Å². The van der Waals surface area contributed by atoms with Gasteiger partial charge in [0.15, 0.2) is 0 Å². The third-order valence-corrected chi connectivity index (χ3v) is 5.74. The molecule has 0 saturated carbocycles. The summed E-state index contributed by atoms with van der Waals surface area (Å²) in [5.41, 5.74) is 0.197. The van der Waals surface area contributed by atoms with Crippen LogP contribution in [0.2, 0.25) is 5.02 Å². The zero-order chi connectivity index (χ0) is 20.5. The number of nitrogens with one attached hydrogen (secondary N) is 1. The summed E-state index contributed by atoms with van der Waals surface area (Å²) in [6, 6.07) is 10.6. The van der Waals surface area contributed by atoms with Crippen molar-refractivity contribution in [1.29, 1.82) is 0 Å². The second-order valence-corrected chi connectivity index (χ2v) is 8.21. The molecule has 1 N–H and O–H groups in total. The average molecular weight is 512 g/mol. The second-order valence-electron chi connectivity index (χ2n) is 6.86. The van der Waals surface area contributed by atoms with E-state index in [9.17, 15) is 18.0 Å². The standard InChI is InChI=1S/C20H19BrClF3N2O.ClH/c1-27(19(28)13-8-14(20(23,24)25)10-15(21)9-13)18-6-7-26-11-17(18)12-2-4-16(22)5-3-12;/h2-5,8-10,17-18,26H,6-7,11H2,1H3;1H/t17-,18+;/m0./s1. The van der Waals surface area contributed by atoms with Crippen molar-refractivity contribution in [3.63, 3.8) is 0 Å². The molecule has 2 aromatic carbocycles. The molecule has 29 heavy (non-hydrogen) atoms. The Bertz CT molecular complexity index is 862. The van der Waals surface area contributed by atoms with Crippen molar-refractivity contribution in [1.82, 2.24) is 10.2 Å². The lowest BCUT2D eigenvalue weighted by molar-refractivity contribution is -0.137. The number of amides is 1. The lowest BCUT2D eigenvalue weighted by atomic mass is 9.85. The first-order chi connectivity index (χ1) is 13.2. The Morgan fingerprint density at radius 3 is 2.48 bits per heavy atom. The molecule has 2 atom stereocenters. The Kier molecular flexibility index (Phi) is 8.01. The van der Waals surface area contributed by atoms with Crippen LogP contribution in [0.3, 0.4) is 0 Å². The van der Waals surface area contributed by atoms with Crippen LogP contribution >= 0.6 is 39.9 Å². The Labute approximate surface area is 187 Å². The van der Waals surface area contributed by atoms with E-state index in [1.165, 1.54) is 6.07 Å². The number of piperidine rings is 1. The van der Waals surface area contributed by atoms with Gasteiger partial charge >= 0.3 is 6.18 Å². The number of hydrogen-bond donors (Lipinski definition) is 1. The van der Waals surface area contributed by atoms with Gasteiger partial charge < -0.3 is 10.2 Å². The number of halogens is 6. The van der Waals surface area contributed by atoms with Crippen LogP contribution in [-0.4, -0.2) is 37.0 Å². The van der Waals surface area contributed by atoms with Crippen molar-refractivity contribution in [2.24, 2.45) is 0 Å². The molecule has 0 radical (unpaired) electrons. The minimum absolute atomic E-state index is 0. The van der Waals surface area contributed by atoms with Crippen molar-refractivity contribution in [3.8, 4) is 0 Å². The van der Waals surface area contributed by atoms with Crippen molar-refractivity contribution in [2.75, 3.05) is 20.1 Å². The van der Waals surface area contributed by atoms with Gasteiger partial charge in [-0.2, -0.15) is 13.2 Å². The van der Waals surface area contributed by atoms with Gasteiger partial charge in [-0.15, -0.1) is 12.4 Å². The van der Waals surface area contributed by atoms with E-state index in [0.717, 1.165) is 24.2 Å². The first-order valence-electron chi connectivity index (χ1n) is 8.78. The fourth-order valence-electron chi connectivity index (χ4n) is 3.59. The van der Waals surface area contributed by atoms with Crippen LogP contribution in [0.1, 0.15) is 33.8 Å². The highest BCUT2D eigenvalue weighted by atomic mass is 79.9. The maximum atomic E-state index is 13.1. The predicted octanol–water partition coefficient (Wildman–Crippen LogP) is 5.76. The van der Waals surface area contributed by atoms with Crippen LogP contribution in [0.25, 0.3) is 0 Å². The summed E-state index contributed by atoms with van der Waals surface area (Å²) in [4.78, 5) is 14.6. The maximum Gasteiger partial charge on any atom is 0.416 e. The summed E-state index contributed by atoms with van der Waals surface area (Å²) >= 11 is 9.05. The van der Waals surface area contributed by atoms with Gasteiger partial charge in [-0.3, -0.25) is 4.79 Å². The number of likely N-dealkylation sites (N-methyl/N-ethyl adjacent to an activating group) is 1. The Balaban J connectivity index is 0.00000300. The third-order valence-electron chi connectivity index (χ3n) is 5.03. The van der Waals surface area contributed by atoms with Crippen molar-refractivity contribution >= 4 is 45.8 Å². The molecule has 1 saturated heterocycles. The van der Waals surface area contributed by atoms with Crippen molar-refractivity contribution in [2.45, 2.75) is 24.6 Å². The second kappa shape index (κ2) is 9.69. The van der Waals surface area contributed by atoms with E-state index in [-0.39, 0.29) is 34.4 Å². The van der Waals surface area contributed by atoms with Crippen LogP contribution in [0.4, 0.5) is 13.2 Å². The molecule has 0 aliphatic carbocycles. The van der Waals surface area contributed by atoms with Crippen LogP contribution in [0.5, 0.6) is 0 Å². The van der Waals surface area contributed by atoms with Gasteiger partial charge in [0.05, 0.1) is 5.56 Å². The Morgan fingerprint density at radius 1 is 1.21 bits per heavy atom. The van der Waals surface area contributed by atoms with E-state index < -0.39 is 17.6 Å². The number of hydrogen-bond acceptors (Lipinski definition) is 2. The van der Waals surface area contributed by atoms with Crippen LogP contribution in [0, 0.1) is 0 Å². The molecular formula is C20H20BrCl2F3N2O. The van der Waals surface area contributed by atoms with E-state index in [1.807, 2.05) is 12.1 Å². The summed E-state index contributed by atoms with van der Waals surface area (Å²) in [5.74, 6) is -0.410. The van der Waals surface area contributed by atoms with Crippen molar-refractivity contribution in [3.05, 3.63) is 68.7 Å². The van der Waals surface area contributed by atoms with E-state index in [2.05, 4.69) is 21.2 Å². The molecule has 158 valence electrons. The van der Waals surface area contributed by atoms with Crippen LogP contribution in [-0.2, 0) is 6.18 Å². The first kappa shape index (κ1) is 24.0. The Hall–Kier alpha value is -1.28. The fourth-order valence-corrected chi connectivity index (χ4v) is 4.21. The normalized spacial score (nSPS) is 19.4. The van der Waals surface area contributed by atoms with Gasteiger partial charge in [0.25, 0.3) is 5.91 Å². The monoisotopic (exact) mass is 510 g/mol. The summed E-state index contributed by atoms with van der Waals surface area (Å²) in [7, 11) is 1.65. The number of nitrogens with zero attached hydrogens (tertiary/aromatic N) is 1. The molecule has 1 aliphatic rings. The van der Waals surface area contributed by atoms with Crippen molar-refractivity contribution < 1.29 is 18.0 Å². The van der Waals surface area contributed by atoms with Gasteiger partial charge in [0, 0.05) is 40.6 Å². The first-order valence-corrected chi connectivity index (χ1v) is 9.95. The van der Waals surface area contributed by atoms with E-state index >= 15 is 0 Å². The molecule has 1 aliphatic heterocycles. The van der Waals surface area contributed by atoms with E-state index in [0.29, 0.717) is 18.0 Å². The molecule has 1 amide bonds. The number of carbonyl (C=O) groups excluding carboxylic acids is 1. The lowest BCUT2D eigenvalue weighted by Gasteiger charge is -2.39. The molecule has 3 rings (SSSR count). The van der Waals surface area contributed by atoms with Crippen LogP contribution in [0.15, 0.2) is 46.9 Å². The summed E-state index contributed by atoms with van der Waals surface area (Å²) in [6.07, 6.45) is -3.81. The summed E-state index contributed by atoms with van der Waals surface area (Å²) in [6.45, 7) is 1.41. The highest BCUT2D eigenvalue weighted by Crippen LogP contribution is 2.33. The zero-order valence-corrected chi connectivity index (χ0v) is 18.6. The lowest BCUT2D eigenvalue weighted by Crippen LogP contribution is -2.49. The van der Waals surface area contributed by atoms with Gasteiger partial charge in [-0.05, 0) is 48.9 Å². The van der Waals surface area contributed by atoms with Gasteiger partial charge in [0.2, 0.25) is 0 Å². The van der Waals surface area contributed by atoms with E-state index in [1.54, 1.807) is 24.1 Å². The molecule has 0 spiro atoms. The SMILES string of the molecule is CN(C(=O)c1cc(Br)cc(C(F)(F)F)c1)[C@@H]1CCNC[C@H]1c1ccc(Cl)cc1.Cl. The summed E-state index contributed by atoms with van der Waals surface area (Å²) < 4.78 is 39.6. The topological polar surface area (TPSA) is 32.3 Å². The minimum atomic E-state index is -4.52. The molecular weight excluding hydrogens is 492 g/mol. The number of rotatable bonds is 3. The average Bonchev–Trinajstić information content (AvgIpc) is 2.66. The number of carbonyl (C=O) groups is 1. The summed E-state index contributed by atoms with van der Waals surface area (Å²) in [5, 5.41) is 3.95. The number of benzene rings is 2. The van der Waals surface area contributed by atoms with Gasteiger partial charge in [0.1, 0.15) is 0 Å². The molecule has 1 heterocycles. The minimum Gasteiger partial charge on any atom is -0.338 e. The molecule has 2 aromatic rings. The molecule has 0 unspecified atom stereocenters. The number of alkyl halides is 3. The largest absolute Gasteiger partial charge is 0.416 e. The molecule has 3 nitrogen and oxygen atoms in total. The molecule has 0 aromatic heterocycles. The molecule has 1 fully saturated rings. The fraction of sp³-hybridized carbons (Fsp3) is 0.350. The molecule has 9 heteroatoms. The highest BCUT2D eigenvalue weighted by Gasteiger charge is 2.35. The molecule has 0 bridgehead atoms. The predicted molar refractivity (Wildman–Crippen MR) is 114 cm³/mol. The Morgan fingerprint density at radius 2 is 1.86 bits per heavy atom. The van der Waals surface area contributed by atoms with Gasteiger partial charge in [-0.1, -0.05) is 39.7 Å². The van der Waals surface area contributed by atoms with Crippen LogP contribution < -0.4 is 5.32 Å². The quantitative estimate of drug-likeness (QED) is 0.568. The smallest absolute Gasteiger partial charge is 0.338 e. The zero-order valence-electron chi connectivity index (χ0n) is 15.5.